The molecule has 164 valence electrons. The van der Waals surface area contributed by atoms with Gasteiger partial charge in [-0.2, -0.15) is 5.10 Å². The van der Waals surface area contributed by atoms with E-state index in [0.717, 1.165) is 55.7 Å². The van der Waals surface area contributed by atoms with Crippen LogP contribution in [0.4, 0.5) is 0 Å². The molecule has 0 spiro atoms. The molecular formula is C24H32N6O. The van der Waals surface area contributed by atoms with Gasteiger partial charge in [0.15, 0.2) is 0 Å². The van der Waals surface area contributed by atoms with Crippen LogP contribution in [0, 0.1) is 13.8 Å². The van der Waals surface area contributed by atoms with Gasteiger partial charge in [0, 0.05) is 69.2 Å². The number of pyridine rings is 1. The first-order chi connectivity index (χ1) is 15.0. The second-order valence-corrected chi connectivity index (χ2v) is 8.42. The Morgan fingerprint density at radius 3 is 2.55 bits per heavy atom. The Hall–Kier alpha value is -2.77. The topological polar surface area (TPSA) is 66.3 Å². The Morgan fingerprint density at radius 2 is 1.81 bits per heavy atom. The maximum absolute atomic E-state index is 12.4. The van der Waals surface area contributed by atoms with E-state index < -0.39 is 0 Å². The lowest BCUT2D eigenvalue weighted by Gasteiger charge is -2.34. The quantitative estimate of drug-likeness (QED) is 0.634. The molecule has 3 aromatic rings. The maximum Gasteiger partial charge on any atom is 0.234 e. The zero-order valence-corrected chi connectivity index (χ0v) is 18.8. The molecule has 1 aliphatic rings. The maximum atomic E-state index is 12.4. The number of rotatable bonds is 7. The van der Waals surface area contributed by atoms with E-state index >= 15 is 0 Å². The number of aryl methyl sites for hydroxylation is 2. The number of hydrogen-bond donors (Lipinski definition) is 1. The Labute approximate surface area is 184 Å². The predicted octanol–water partition coefficient (Wildman–Crippen LogP) is 2.06. The molecule has 1 fully saturated rings. The summed E-state index contributed by atoms with van der Waals surface area (Å²) in [4.78, 5) is 21.6. The van der Waals surface area contributed by atoms with Crippen LogP contribution in [0.15, 0.2) is 36.5 Å². The van der Waals surface area contributed by atoms with Gasteiger partial charge in [-0.25, -0.2) is 0 Å². The number of piperazine rings is 1. The van der Waals surface area contributed by atoms with Gasteiger partial charge in [0.1, 0.15) is 0 Å². The van der Waals surface area contributed by atoms with E-state index in [1.807, 2.05) is 24.0 Å². The third kappa shape index (κ3) is 5.11. The van der Waals surface area contributed by atoms with Crippen molar-refractivity contribution >= 4 is 16.8 Å². The summed E-state index contributed by atoms with van der Waals surface area (Å²) in [5.41, 5.74) is 5.88. The van der Waals surface area contributed by atoms with E-state index in [2.05, 4.69) is 63.3 Å². The van der Waals surface area contributed by atoms with Gasteiger partial charge in [0.25, 0.3) is 0 Å². The van der Waals surface area contributed by atoms with Gasteiger partial charge in [-0.05, 0) is 31.9 Å². The number of hydrogen-bond acceptors (Lipinski definition) is 5. The number of amides is 1. The molecule has 7 nitrogen and oxygen atoms in total. The molecule has 1 N–H and O–H groups in total. The highest BCUT2D eigenvalue weighted by Crippen LogP contribution is 2.17. The van der Waals surface area contributed by atoms with Crippen LogP contribution in [0.25, 0.3) is 10.9 Å². The lowest BCUT2D eigenvalue weighted by Crippen LogP contribution is -2.49. The molecule has 31 heavy (non-hydrogen) atoms. The summed E-state index contributed by atoms with van der Waals surface area (Å²) in [5, 5.41) is 8.74. The molecule has 0 aliphatic carbocycles. The van der Waals surface area contributed by atoms with Crippen molar-refractivity contribution in [1.82, 2.24) is 29.9 Å². The van der Waals surface area contributed by atoms with Crippen LogP contribution < -0.4 is 5.32 Å². The first kappa shape index (κ1) is 21.5. The van der Waals surface area contributed by atoms with E-state index in [9.17, 15) is 4.79 Å². The number of para-hydroxylation sites is 1. The predicted molar refractivity (Wildman–Crippen MR) is 123 cm³/mol. The molecule has 4 rings (SSSR count). The van der Waals surface area contributed by atoms with Crippen molar-refractivity contribution < 1.29 is 4.79 Å². The minimum absolute atomic E-state index is 0.0978. The summed E-state index contributed by atoms with van der Waals surface area (Å²) in [6.07, 6.45) is 2.61. The van der Waals surface area contributed by atoms with Crippen LogP contribution in [0.1, 0.15) is 22.5 Å². The zero-order chi connectivity index (χ0) is 21.8. The van der Waals surface area contributed by atoms with Crippen LogP contribution in [0.3, 0.4) is 0 Å². The monoisotopic (exact) mass is 420 g/mol. The first-order valence-corrected chi connectivity index (χ1v) is 11.0. The summed E-state index contributed by atoms with van der Waals surface area (Å²) in [7, 11) is 2.00. The molecule has 1 aliphatic heterocycles. The number of nitrogens with one attached hydrogen (secondary N) is 1. The van der Waals surface area contributed by atoms with Gasteiger partial charge in [-0.15, -0.1) is 0 Å². The van der Waals surface area contributed by atoms with Crippen LogP contribution in [-0.2, 0) is 24.8 Å². The second kappa shape index (κ2) is 9.58. The summed E-state index contributed by atoms with van der Waals surface area (Å²) in [5.74, 6) is 0.0978. The van der Waals surface area contributed by atoms with Gasteiger partial charge in [0.05, 0.1) is 17.8 Å². The fraction of sp³-hybridized carbons (Fsp3) is 0.458. The van der Waals surface area contributed by atoms with E-state index in [0.29, 0.717) is 13.1 Å². The minimum atomic E-state index is 0.0978. The first-order valence-electron chi connectivity index (χ1n) is 11.0. The van der Waals surface area contributed by atoms with Crippen LogP contribution in [-0.4, -0.2) is 69.7 Å². The van der Waals surface area contributed by atoms with Crippen molar-refractivity contribution in [2.75, 3.05) is 39.3 Å². The Kier molecular flexibility index (Phi) is 6.63. The summed E-state index contributed by atoms with van der Waals surface area (Å²) in [6, 6.07) is 10.2. The largest absolute Gasteiger partial charge is 0.355 e. The highest BCUT2D eigenvalue weighted by atomic mass is 16.2. The highest BCUT2D eigenvalue weighted by molar-refractivity contribution is 5.82. The van der Waals surface area contributed by atoms with E-state index in [-0.39, 0.29) is 5.91 Å². The Bertz CT molecular complexity index is 1050. The van der Waals surface area contributed by atoms with Crippen molar-refractivity contribution in [2.24, 2.45) is 7.05 Å². The third-order valence-corrected chi connectivity index (χ3v) is 6.31. The van der Waals surface area contributed by atoms with Crippen molar-refractivity contribution in [1.29, 1.82) is 0 Å². The van der Waals surface area contributed by atoms with Gasteiger partial charge in [-0.3, -0.25) is 24.3 Å². The lowest BCUT2D eigenvalue weighted by molar-refractivity contribution is -0.122. The average molecular weight is 421 g/mol. The zero-order valence-electron chi connectivity index (χ0n) is 18.8. The Balaban J connectivity index is 1.20. The molecule has 1 saturated heterocycles. The third-order valence-electron chi connectivity index (χ3n) is 6.31. The molecule has 0 unspecified atom stereocenters. The molecule has 1 amide bonds. The SMILES string of the molecule is Cc1nn(C)c(C)c1CN1CCN(CC(=O)NCCc2cccc3cccnc23)CC1. The molecule has 0 bridgehead atoms. The summed E-state index contributed by atoms with van der Waals surface area (Å²) in [6.45, 7) is 10.0. The van der Waals surface area contributed by atoms with E-state index in [4.69, 9.17) is 0 Å². The molecule has 1 aromatic carbocycles. The van der Waals surface area contributed by atoms with E-state index in [1.165, 1.54) is 16.8 Å². The Morgan fingerprint density at radius 1 is 1.06 bits per heavy atom. The van der Waals surface area contributed by atoms with Crippen LogP contribution in [0.5, 0.6) is 0 Å². The fourth-order valence-corrected chi connectivity index (χ4v) is 4.34. The van der Waals surface area contributed by atoms with Crippen LogP contribution in [0.2, 0.25) is 0 Å². The van der Waals surface area contributed by atoms with Crippen molar-refractivity contribution in [3.63, 3.8) is 0 Å². The number of aromatic nitrogens is 3. The number of benzene rings is 1. The number of carbonyl (C=O) groups excluding carboxylic acids is 1. The molecule has 0 atom stereocenters. The lowest BCUT2D eigenvalue weighted by atomic mass is 10.1. The molecular weight excluding hydrogens is 388 g/mol. The smallest absolute Gasteiger partial charge is 0.234 e. The molecule has 0 radical (unpaired) electrons. The number of carbonyl (C=O) groups is 1. The number of fused-ring (bicyclic) bond motifs is 1. The van der Waals surface area contributed by atoms with Gasteiger partial charge < -0.3 is 5.32 Å². The van der Waals surface area contributed by atoms with Crippen molar-refractivity contribution in [3.05, 3.63) is 59.0 Å². The molecule has 7 heteroatoms. The summed E-state index contributed by atoms with van der Waals surface area (Å²) >= 11 is 0. The van der Waals surface area contributed by atoms with Gasteiger partial charge >= 0.3 is 0 Å². The van der Waals surface area contributed by atoms with Crippen LogP contribution >= 0.6 is 0 Å². The average Bonchev–Trinajstić information content (AvgIpc) is 3.01. The van der Waals surface area contributed by atoms with Gasteiger partial charge in [-0.1, -0.05) is 24.3 Å². The summed E-state index contributed by atoms with van der Waals surface area (Å²) < 4.78 is 1.96. The molecule has 0 saturated carbocycles. The van der Waals surface area contributed by atoms with Gasteiger partial charge in [0.2, 0.25) is 5.91 Å². The number of nitrogens with zero attached hydrogens (tertiary/aromatic N) is 5. The molecule has 3 heterocycles. The van der Waals surface area contributed by atoms with Crippen molar-refractivity contribution in [2.45, 2.75) is 26.8 Å². The van der Waals surface area contributed by atoms with Crippen molar-refractivity contribution in [3.8, 4) is 0 Å². The second-order valence-electron chi connectivity index (χ2n) is 8.42. The fourth-order valence-electron chi connectivity index (χ4n) is 4.34. The standard InChI is InChI=1S/C24H32N6O/c1-18-22(19(2)28(3)27-18)16-29-12-14-30(15-13-29)17-23(31)25-11-9-21-7-4-6-20-8-5-10-26-24(20)21/h4-8,10H,9,11-17H2,1-3H3,(H,25,31). The normalized spacial score (nSPS) is 15.5. The highest BCUT2D eigenvalue weighted by Gasteiger charge is 2.21. The van der Waals surface area contributed by atoms with E-state index in [1.54, 1.807) is 0 Å². The minimum Gasteiger partial charge on any atom is -0.355 e. The molecule has 2 aromatic heterocycles.